The molecule has 0 N–H and O–H groups in total. The summed E-state index contributed by atoms with van der Waals surface area (Å²) in [4.78, 5) is 21.8. The highest BCUT2D eigenvalue weighted by molar-refractivity contribution is 7.13. The molecule has 31 heavy (non-hydrogen) atoms. The lowest BCUT2D eigenvalue weighted by molar-refractivity contribution is 0.0623. The van der Waals surface area contributed by atoms with Gasteiger partial charge in [-0.05, 0) is 35.9 Å². The zero-order chi connectivity index (χ0) is 21.8. The number of nitrogens with zero attached hydrogens (tertiary/aromatic N) is 3. The molecule has 0 aliphatic carbocycles. The van der Waals surface area contributed by atoms with Gasteiger partial charge in [0.25, 0.3) is 5.91 Å². The van der Waals surface area contributed by atoms with Gasteiger partial charge in [-0.25, -0.2) is 4.98 Å². The highest BCUT2D eigenvalue weighted by Crippen LogP contribution is 2.33. The van der Waals surface area contributed by atoms with Gasteiger partial charge >= 0.3 is 0 Å². The van der Waals surface area contributed by atoms with E-state index in [4.69, 9.17) is 21.1 Å². The molecule has 1 amide bonds. The van der Waals surface area contributed by atoms with Gasteiger partial charge in [0, 0.05) is 48.7 Å². The maximum Gasteiger partial charge on any atom is 0.273 e. The molecule has 0 bridgehead atoms. The number of benzene rings is 2. The quantitative estimate of drug-likeness (QED) is 0.547. The zero-order valence-electron chi connectivity index (χ0n) is 17.5. The molecule has 1 fully saturated rings. The fraction of sp³-hybridized carbons (Fsp3) is 0.304. The Hall–Kier alpha value is -2.61. The van der Waals surface area contributed by atoms with Gasteiger partial charge in [0.1, 0.15) is 10.7 Å². The number of aromatic nitrogens is 1. The van der Waals surface area contributed by atoms with Gasteiger partial charge in [-0.2, -0.15) is 0 Å². The summed E-state index contributed by atoms with van der Waals surface area (Å²) in [5.41, 5.74) is 2.57. The van der Waals surface area contributed by atoms with E-state index < -0.39 is 0 Å². The van der Waals surface area contributed by atoms with E-state index in [2.05, 4.69) is 16.0 Å². The molecular formula is C23H24ClN3O3S. The number of hydrogen-bond donors (Lipinski definition) is 0. The van der Waals surface area contributed by atoms with Gasteiger partial charge in [0.05, 0.1) is 14.2 Å². The second-order valence-corrected chi connectivity index (χ2v) is 8.60. The molecule has 162 valence electrons. The van der Waals surface area contributed by atoms with E-state index >= 15 is 0 Å². The van der Waals surface area contributed by atoms with E-state index in [-0.39, 0.29) is 5.91 Å². The fourth-order valence-electron chi connectivity index (χ4n) is 3.64. The first-order valence-electron chi connectivity index (χ1n) is 10.0. The number of thiazole rings is 1. The SMILES string of the molecule is COc1ccc(-c2nc(C(=O)N3CCN(Cc4cccc(Cl)c4)CC3)cs2)cc1OC. The number of piperazine rings is 1. The van der Waals surface area contributed by atoms with Crippen LogP contribution in [-0.2, 0) is 6.54 Å². The third-order valence-electron chi connectivity index (χ3n) is 5.31. The number of hydrogen-bond acceptors (Lipinski definition) is 6. The standard InChI is InChI=1S/C23H24ClN3O3S/c1-29-20-7-6-17(13-21(20)30-2)22-25-19(15-31-22)23(28)27-10-8-26(9-11-27)14-16-4-3-5-18(24)12-16/h3-7,12-13,15H,8-11,14H2,1-2H3. The summed E-state index contributed by atoms with van der Waals surface area (Å²) in [5.74, 6) is 1.28. The number of amides is 1. The summed E-state index contributed by atoms with van der Waals surface area (Å²) in [6, 6.07) is 13.6. The van der Waals surface area contributed by atoms with E-state index in [1.807, 2.05) is 46.7 Å². The maximum atomic E-state index is 13.0. The summed E-state index contributed by atoms with van der Waals surface area (Å²) < 4.78 is 10.7. The van der Waals surface area contributed by atoms with Crippen LogP contribution in [0, 0.1) is 0 Å². The molecular weight excluding hydrogens is 434 g/mol. The Morgan fingerprint density at radius 3 is 2.55 bits per heavy atom. The van der Waals surface area contributed by atoms with Crippen LogP contribution in [0.3, 0.4) is 0 Å². The van der Waals surface area contributed by atoms with E-state index in [9.17, 15) is 4.79 Å². The first-order valence-corrected chi connectivity index (χ1v) is 11.3. The van der Waals surface area contributed by atoms with Crippen LogP contribution in [0.25, 0.3) is 10.6 Å². The predicted octanol–water partition coefficient (Wildman–Crippen LogP) is 4.44. The molecule has 1 aromatic heterocycles. The molecule has 6 nitrogen and oxygen atoms in total. The lowest BCUT2D eigenvalue weighted by atomic mass is 10.2. The topological polar surface area (TPSA) is 54.9 Å². The van der Waals surface area contributed by atoms with Crippen molar-refractivity contribution in [2.45, 2.75) is 6.54 Å². The van der Waals surface area contributed by atoms with Gasteiger partial charge in [0.15, 0.2) is 11.5 Å². The minimum Gasteiger partial charge on any atom is -0.493 e. The monoisotopic (exact) mass is 457 g/mol. The molecule has 1 saturated heterocycles. The summed E-state index contributed by atoms with van der Waals surface area (Å²) in [6.07, 6.45) is 0. The zero-order valence-corrected chi connectivity index (χ0v) is 19.1. The molecule has 0 saturated carbocycles. The Bertz CT molecular complexity index is 1060. The number of halogens is 1. The molecule has 3 aromatic rings. The average molecular weight is 458 g/mol. The second-order valence-electron chi connectivity index (χ2n) is 7.31. The lowest BCUT2D eigenvalue weighted by Gasteiger charge is -2.34. The molecule has 2 aromatic carbocycles. The molecule has 0 radical (unpaired) electrons. The van der Waals surface area contributed by atoms with Gasteiger partial charge in [-0.15, -0.1) is 11.3 Å². The smallest absolute Gasteiger partial charge is 0.273 e. The van der Waals surface area contributed by atoms with E-state index in [0.29, 0.717) is 30.3 Å². The first-order chi connectivity index (χ1) is 15.1. The average Bonchev–Trinajstić information content (AvgIpc) is 3.29. The molecule has 2 heterocycles. The van der Waals surface area contributed by atoms with E-state index in [0.717, 1.165) is 35.2 Å². The maximum absolute atomic E-state index is 13.0. The fourth-order valence-corrected chi connectivity index (χ4v) is 4.64. The van der Waals surface area contributed by atoms with Crippen LogP contribution in [0.2, 0.25) is 5.02 Å². The van der Waals surface area contributed by atoms with Gasteiger partial charge in [-0.1, -0.05) is 23.7 Å². The third-order valence-corrected chi connectivity index (χ3v) is 6.43. The molecule has 1 aliphatic rings. The van der Waals surface area contributed by atoms with Crippen LogP contribution in [-0.4, -0.2) is 61.1 Å². The van der Waals surface area contributed by atoms with Crippen LogP contribution in [0.4, 0.5) is 0 Å². The molecule has 8 heteroatoms. The summed E-state index contributed by atoms with van der Waals surface area (Å²) in [6.45, 7) is 3.85. The largest absolute Gasteiger partial charge is 0.493 e. The summed E-state index contributed by atoms with van der Waals surface area (Å²) >= 11 is 7.54. The van der Waals surface area contributed by atoms with Crippen LogP contribution in [0.5, 0.6) is 11.5 Å². The second kappa shape index (κ2) is 9.68. The van der Waals surface area contributed by atoms with Crippen molar-refractivity contribution in [3.8, 4) is 22.1 Å². The predicted molar refractivity (Wildman–Crippen MR) is 123 cm³/mol. The molecule has 0 unspecified atom stereocenters. The van der Waals surface area contributed by atoms with E-state index in [1.165, 1.54) is 16.9 Å². The molecule has 0 atom stereocenters. The summed E-state index contributed by atoms with van der Waals surface area (Å²) in [7, 11) is 3.21. The minimum atomic E-state index is -0.0228. The Morgan fingerprint density at radius 1 is 1.06 bits per heavy atom. The highest BCUT2D eigenvalue weighted by atomic mass is 35.5. The minimum absolute atomic E-state index is 0.0228. The molecule has 1 aliphatic heterocycles. The van der Waals surface area contributed by atoms with Crippen molar-refractivity contribution in [1.82, 2.24) is 14.8 Å². The van der Waals surface area contributed by atoms with Crippen LogP contribution < -0.4 is 9.47 Å². The Kier molecular flexibility index (Phi) is 6.75. The highest BCUT2D eigenvalue weighted by Gasteiger charge is 2.24. The van der Waals surface area contributed by atoms with Gasteiger partial charge in [-0.3, -0.25) is 9.69 Å². The number of carbonyl (C=O) groups excluding carboxylic acids is 1. The Labute approximate surface area is 191 Å². The number of methoxy groups -OCH3 is 2. The normalized spacial score (nSPS) is 14.5. The van der Waals surface area contributed by atoms with Crippen molar-refractivity contribution >= 4 is 28.8 Å². The number of carbonyl (C=O) groups is 1. The lowest BCUT2D eigenvalue weighted by Crippen LogP contribution is -2.48. The number of ether oxygens (including phenoxy) is 2. The van der Waals surface area contributed by atoms with Crippen molar-refractivity contribution < 1.29 is 14.3 Å². The van der Waals surface area contributed by atoms with Crippen LogP contribution >= 0.6 is 22.9 Å². The van der Waals surface area contributed by atoms with Crippen molar-refractivity contribution in [2.75, 3.05) is 40.4 Å². The van der Waals surface area contributed by atoms with Crippen LogP contribution in [0.1, 0.15) is 16.1 Å². The number of rotatable bonds is 6. The third kappa shape index (κ3) is 5.01. The first kappa shape index (κ1) is 21.6. The Balaban J connectivity index is 1.38. The summed E-state index contributed by atoms with van der Waals surface area (Å²) in [5, 5.41) is 3.36. The van der Waals surface area contributed by atoms with Gasteiger partial charge < -0.3 is 14.4 Å². The van der Waals surface area contributed by atoms with Crippen molar-refractivity contribution in [1.29, 1.82) is 0 Å². The van der Waals surface area contributed by atoms with Crippen molar-refractivity contribution in [3.63, 3.8) is 0 Å². The van der Waals surface area contributed by atoms with Gasteiger partial charge in [0.2, 0.25) is 0 Å². The van der Waals surface area contributed by atoms with E-state index in [1.54, 1.807) is 14.2 Å². The molecule has 4 rings (SSSR count). The Morgan fingerprint density at radius 2 is 1.84 bits per heavy atom. The van der Waals surface area contributed by atoms with Crippen molar-refractivity contribution in [3.05, 3.63) is 64.1 Å². The molecule has 0 spiro atoms. The van der Waals surface area contributed by atoms with Crippen molar-refractivity contribution in [2.24, 2.45) is 0 Å². The van der Waals surface area contributed by atoms with Crippen LogP contribution in [0.15, 0.2) is 47.8 Å².